The second-order valence-electron chi connectivity index (χ2n) is 3.38. The number of aromatic nitrogens is 1. The predicted octanol–water partition coefficient (Wildman–Crippen LogP) is 3.47. The van der Waals surface area contributed by atoms with Gasteiger partial charge in [-0.3, -0.25) is 4.98 Å². The summed E-state index contributed by atoms with van der Waals surface area (Å²) in [7, 11) is 1.62. The Morgan fingerprint density at radius 1 is 1.35 bits per heavy atom. The highest BCUT2D eigenvalue weighted by molar-refractivity contribution is 7.09. The zero-order chi connectivity index (χ0) is 12.1. The molecule has 0 unspecified atom stereocenters. The van der Waals surface area contributed by atoms with Gasteiger partial charge >= 0.3 is 0 Å². The summed E-state index contributed by atoms with van der Waals surface area (Å²) in [4.78, 5) is 5.07. The summed E-state index contributed by atoms with van der Waals surface area (Å²) in [5.41, 5.74) is 2.79. The van der Waals surface area contributed by atoms with Crippen molar-refractivity contribution >= 4 is 22.9 Å². The molecular weight excluding hydrogens is 258 g/mol. The summed E-state index contributed by atoms with van der Waals surface area (Å²) >= 11 is 7.35. The minimum absolute atomic E-state index is 0.459. The Kier molecular flexibility index (Phi) is 4.23. The van der Waals surface area contributed by atoms with Gasteiger partial charge in [0.15, 0.2) is 11.5 Å². The smallest absolute Gasteiger partial charge is 0.162 e. The molecule has 0 saturated carbocycles. The molecule has 0 aliphatic rings. The van der Waals surface area contributed by atoms with Crippen LogP contribution < -0.4 is 9.47 Å². The van der Waals surface area contributed by atoms with Crippen molar-refractivity contribution in [3.8, 4) is 11.5 Å². The second kappa shape index (κ2) is 5.89. The van der Waals surface area contributed by atoms with Gasteiger partial charge in [0.25, 0.3) is 0 Å². The van der Waals surface area contributed by atoms with E-state index in [4.69, 9.17) is 21.1 Å². The third-order valence-electron chi connectivity index (χ3n) is 2.24. The van der Waals surface area contributed by atoms with Gasteiger partial charge in [-0.2, -0.15) is 0 Å². The first-order valence-corrected chi connectivity index (χ1v) is 6.48. The van der Waals surface area contributed by atoms with Crippen LogP contribution in [0.4, 0.5) is 0 Å². The molecular formula is C12H12ClNO2S. The van der Waals surface area contributed by atoms with Gasteiger partial charge < -0.3 is 9.47 Å². The van der Waals surface area contributed by atoms with Crippen molar-refractivity contribution in [2.75, 3.05) is 7.11 Å². The minimum Gasteiger partial charge on any atom is -0.493 e. The Balaban J connectivity index is 2.12. The summed E-state index contributed by atoms with van der Waals surface area (Å²) < 4.78 is 10.9. The molecule has 5 heteroatoms. The maximum atomic E-state index is 5.79. The first-order chi connectivity index (χ1) is 8.33. The van der Waals surface area contributed by atoms with Crippen LogP contribution in [0.2, 0.25) is 0 Å². The Labute approximate surface area is 109 Å². The molecule has 0 spiro atoms. The Hall–Kier alpha value is -1.26. The third kappa shape index (κ3) is 3.11. The molecule has 0 aliphatic carbocycles. The van der Waals surface area contributed by atoms with E-state index in [1.165, 1.54) is 0 Å². The molecule has 90 valence electrons. The van der Waals surface area contributed by atoms with Crippen LogP contribution in [0.1, 0.15) is 10.4 Å². The average Bonchev–Trinajstić information content (AvgIpc) is 2.89. The van der Waals surface area contributed by atoms with Crippen LogP contribution in [0.15, 0.2) is 29.9 Å². The summed E-state index contributed by atoms with van der Waals surface area (Å²) in [6, 6.07) is 5.68. The molecule has 2 rings (SSSR count). The van der Waals surface area contributed by atoms with E-state index >= 15 is 0 Å². The molecule has 0 atom stereocenters. The molecule has 1 aromatic carbocycles. The fourth-order valence-corrected chi connectivity index (χ4v) is 2.05. The number of nitrogens with zero attached hydrogens (tertiary/aromatic N) is 1. The fraction of sp³-hybridized carbons (Fsp3) is 0.250. The molecule has 1 aromatic heterocycles. The number of thiazole rings is 1. The fourth-order valence-electron chi connectivity index (χ4n) is 1.38. The molecule has 1 heterocycles. The number of halogens is 1. The van der Waals surface area contributed by atoms with Gasteiger partial charge in [-0.1, -0.05) is 6.07 Å². The molecule has 3 nitrogen and oxygen atoms in total. The molecule has 0 amide bonds. The highest BCUT2D eigenvalue weighted by Gasteiger charge is 2.06. The Morgan fingerprint density at radius 2 is 2.24 bits per heavy atom. The highest BCUT2D eigenvalue weighted by Crippen LogP contribution is 2.29. The molecule has 0 bridgehead atoms. The standard InChI is InChI=1S/C12H12ClNO2S/c1-15-11-3-2-9(5-13)4-12(11)16-7-10-6-14-8-17-10/h2-4,6,8H,5,7H2,1H3. The SMILES string of the molecule is COc1ccc(CCl)cc1OCc1cncs1. The van der Waals surface area contributed by atoms with Crippen LogP contribution in [0, 0.1) is 0 Å². The van der Waals surface area contributed by atoms with Gasteiger partial charge in [-0.05, 0) is 17.7 Å². The van der Waals surface area contributed by atoms with E-state index in [-0.39, 0.29) is 0 Å². The molecule has 17 heavy (non-hydrogen) atoms. The van der Waals surface area contributed by atoms with Crippen molar-refractivity contribution in [3.63, 3.8) is 0 Å². The van der Waals surface area contributed by atoms with Gasteiger partial charge in [-0.15, -0.1) is 22.9 Å². The number of ether oxygens (including phenoxy) is 2. The van der Waals surface area contributed by atoms with Gasteiger partial charge in [0.2, 0.25) is 0 Å². The lowest BCUT2D eigenvalue weighted by molar-refractivity contribution is 0.287. The van der Waals surface area contributed by atoms with Crippen molar-refractivity contribution in [2.24, 2.45) is 0 Å². The largest absolute Gasteiger partial charge is 0.493 e. The van der Waals surface area contributed by atoms with Crippen LogP contribution in [-0.2, 0) is 12.5 Å². The molecule has 0 fully saturated rings. The van der Waals surface area contributed by atoms with Crippen LogP contribution in [0.3, 0.4) is 0 Å². The lowest BCUT2D eigenvalue weighted by Crippen LogP contribution is -1.96. The van der Waals surface area contributed by atoms with Gasteiger partial charge in [-0.25, -0.2) is 0 Å². The average molecular weight is 270 g/mol. The van der Waals surface area contributed by atoms with Crippen molar-refractivity contribution in [1.29, 1.82) is 0 Å². The van der Waals surface area contributed by atoms with E-state index in [9.17, 15) is 0 Å². The number of hydrogen-bond acceptors (Lipinski definition) is 4. The minimum atomic E-state index is 0.459. The zero-order valence-electron chi connectivity index (χ0n) is 9.35. The maximum absolute atomic E-state index is 5.79. The Morgan fingerprint density at radius 3 is 2.88 bits per heavy atom. The zero-order valence-corrected chi connectivity index (χ0v) is 10.9. The van der Waals surface area contributed by atoms with Crippen molar-refractivity contribution in [1.82, 2.24) is 4.98 Å². The van der Waals surface area contributed by atoms with Crippen molar-refractivity contribution in [3.05, 3.63) is 40.3 Å². The molecule has 2 aromatic rings. The van der Waals surface area contributed by atoms with E-state index in [1.54, 1.807) is 30.2 Å². The lowest BCUT2D eigenvalue weighted by Gasteiger charge is -2.10. The lowest BCUT2D eigenvalue weighted by atomic mass is 10.2. The number of alkyl halides is 1. The summed E-state index contributed by atoms with van der Waals surface area (Å²) in [5.74, 6) is 1.88. The first kappa shape index (κ1) is 12.2. The van der Waals surface area contributed by atoms with E-state index in [2.05, 4.69) is 4.98 Å². The second-order valence-corrected chi connectivity index (χ2v) is 4.61. The Bertz CT molecular complexity index is 473. The molecule has 0 aliphatic heterocycles. The van der Waals surface area contributed by atoms with E-state index in [1.807, 2.05) is 18.2 Å². The van der Waals surface area contributed by atoms with Crippen LogP contribution >= 0.6 is 22.9 Å². The monoisotopic (exact) mass is 269 g/mol. The third-order valence-corrected chi connectivity index (χ3v) is 3.30. The molecule has 0 saturated heterocycles. The highest BCUT2D eigenvalue weighted by atomic mass is 35.5. The molecule has 0 N–H and O–H groups in total. The van der Waals surface area contributed by atoms with Gasteiger partial charge in [0.05, 0.1) is 17.5 Å². The van der Waals surface area contributed by atoms with Crippen LogP contribution in [0.5, 0.6) is 11.5 Å². The summed E-state index contributed by atoms with van der Waals surface area (Å²) in [5, 5.41) is 0. The van der Waals surface area contributed by atoms with Gasteiger partial charge in [0, 0.05) is 12.1 Å². The quantitative estimate of drug-likeness (QED) is 0.779. The van der Waals surface area contributed by atoms with E-state index in [0.717, 1.165) is 10.4 Å². The summed E-state index contributed by atoms with van der Waals surface area (Å²) in [6.07, 6.45) is 1.79. The first-order valence-electron chi connectivity index (χ1n) is 5.06. The van der Waals surface area contributed by atoms with Crippen molar-refractivity contribution in [2.45, 2.75) is 12.5 Å². The number of hydrogen-bond donors (Lipinski definition) is 0. The number of benzene rings is 1. The molecule has 0 radical (unpaired) electrons. The summed E-state index contributed by atoms with van der Waals surface area (Å²) in [6.45, 7) is 0.493. The number of rotatable bonds is 5. The normalized spacial score (nSPS) is 10.2. The van der Waals surface area contributed by atoms with Gasteiger partial charge in [0.1, 0.15) is 6.61 Å². The van der Waals surface area contributed by atoms with E-state index in [0.29, 0.717) is 24.0 Å². The van der Waals surface area contributed by atoms with Crippen LogP contribution in [-0.4, -0.2) is 12.1 Å². The predicted molar refractivity (Wildman–Crippen MR) is 69.0 cm³/mol. The topological polar surface area (TPSA) is 31.4 Å². The maximum Gasteiger partial charge on any atom is 0.162 e. The number of methoxy groups -OCH3 is 1. The van der Waals surface area contributed by atoms with Crippen molar-refractivity contribution < 1.29 is 9.47 Å². The van der Waals surface area contributed by atoms with Crippen LogP contribution in [0.25, 0.3) is 0 Å². The van der Waals surface area contributed by atoms with E-state index < -0.39 is 0 Å².